The van der Waals surface area contributed by atoms with E-state index in [0.717, 1.165) is 24.1 Å². The second-order valence-electron chi connectivity index (χ2n) is 6.64. The molecular formula is C19H21FN2O3S. The Kier molecular flexibility index (Phi) is 5.11. The number of amides is 1. The predicted octanol–water partition coefficient (Wildman–Crippen LogP) is 2.54. The van der Waals surface area contributed by atoms with Crippen LogP contribution in [0.2, 0.25) is 0 Å². The number of benzene rings is 2. The highest BCUT2D eigenvalue weighted by molar-refractivity contribution is 7.89. The number of rotatable bonds is 5. The quantitative estimate of drug-likeness (QED) is 0.842. The van der Waals surface area contributed by atoms with Crippen molar-refractivity contribution in [2.24, 2.45) is 5.92 Å². The highest BCUT2D eigenvalue weighted by Gasteiger charge is 2.32. The van der Waals surface area contributed by atoms with Gasteiger partial charge in [-0.1, -0.05) is 43.3 Å². The molecule has 0 saturated heterocycles. The van der Waals surface area contributed by atoms with Crippen LogP contribution in [-0.2, 0) is 21.2 Å². The fourth-order valence-electron chi connectivity index (χ4n) is 3.31. The first kappa shape index (κ1) is 18.5. The van der Waals surface area contributed by atoms with Crippen LogP contribution < -0.4 is 10.0 Å². The number of carbonyl (C=O) groups excluding carboxylic acids is 1. The van der Waals surface area contributed by atoms with Gasteiger partial charge in [-0.3, -0.25) is 4.79 Å². The number of carbonyl (C=O) groups is 1. The van der Waals surface area contributed by atoms with Crippen LogP contribution in [0.25, 0.3) is 0 Å². The highest BCUT2D eigenvalue weighted by atomic mass is 32.2. The Morgan fingerprint density at radius 1 is 1.15 bits per heavy atom. The number of nitrogens with one attached hydrogen (secondary N) is 2. The zero-order valence-corrected chi connectivity index (χ0v) is 15.4. The van der Waals surface area contributed by atoms with Crippen molar-refractivity contribution in [3.63, 3.8) is 0 Å². The Bertz CT molecular complexity index is 930. The fourth-order valence-corrected chi connectivity index (χ4v) is 4.59. The predicted molar refractivity (Wildman–Crippen MR) is 96.4 cm³/mol. The molecule has 0 aliphatic heterocycles. The second kappa shape index (κ2) is 7.17. The molecule has 0 heterocycles. The minimum absolute atomic E-state index is 0.167. The van der Waals surface area contributed by atoms with Gasteiger partial charge in [0.2, 0.25) is 15.9 Å². The molecule has 2 unspecified atom stereocenters. The monoisotopic (exact) mass is 376 g/mol. The molecule has 138 valence electrons. The van der Waals surface area contributed by atoms with Gasteiger partial charge in [0.05, 0.1) is 12.1 Å². The van der Waals surface area contributed by atoms with Crippen LogP contribution >= 0.6 is 0 Å². The number of sulfonamides is 1. The highest BCUT2D eigenvalue weighted by Crippen LogP contribution is 2.35. The lowest BCUT2D eigenvalue weighted by Gasteiger charge is -2.22. The van der Waals surface area contributed by atoms with Gasteiger partial charge in [0.1, 0.15) is 10.7 Å². The molecule has 0 radical (unpaired) electrons. The molecule has 3 atom stereocenters. The van der Waals surface area contributed by atoms with Crippen molar-refractivity contribution in [2.75, 3.05) is 0 Å². The van der Waals surface area contributed by atoms with E-state index in [-0.39, 0.29) is 12.0 Å². The summed E-state index contributed by atoms with van der Waals surface area (Å²) in [6.45, 7) is 3.48. The summed E-state index contributed by atoms with van der Waals surface area (Å²) < 4.78 is 40.7. The molecule has 0 spiro atoms. The maximum absolute atomic E-state index is 13.8. The molecule has 2 N–H and O–H groups in total. The van der Waals surface area contributed by atoms with E-state index in [4.69, 9.17) is 0 Å². The van der Waals surface area contributed by atoms with E-state index in [0.29, 0.717) is 0 Å². The van der Waals surface area contributed by atoms with Crippen LogP contribution in [0.4, 0.5) is 4.39 Å². The second-order valence-corrected chi connectivity index (χ2v) is 8.32. The average Bonchev–Trinajstić information content (AvgIpc) is 2.90. The molecule has 1 aliphatic carbocycles. The van der Waals surface area contributed by atoms with Crippen molar-refractivity contribution < 1.29 is 17.6 Å². The van der Waals surface area contributed by atoms with Crippen LogP contribution in [0, 0.1) is 11.7 Å². The number of hydrogen-bond acceptors (Lipinski definition) is 3. The van der Waals surface area contributed by atoms with Crippen LogP contribution in [0.3, 0.4) is 0 Å². The number of halogens is 1. The summed E-state index contributed by atoms with van der Waals surface area (Å²) in [4.78, 5) is 12.0. The minimum Gasteiger partial charge on any atom is -0.348 e. The lowest BCUT2D eigenvalue weighted by atomic mass is 10.0. The van der Waals surface area contributed by atoms with Crippen LogP contribution in [0.5, 0.6) is 0 Å². The average molecular weight is 376 g/mol. The summed E-state index contributed by atoms with van der Waals surface area (Å²) in [7, 11) is -4.13. The third kappa shape index (κ3) is 3.64. The van der Waals surface area contributed by atoms with Crippen molar-refractivity contribution >= 4 is 15.9 Å². The molecule has 26 heavy (non-hydrogen) atoms. The number of hydrogen-bond donors (Lipinski definition) is 2. The third-order valence-corrected chi connectivity index (χ3v) is 6.22. The molecule has 1 aliphatic rings. The van der Waals surface area contributed by atoms with Crippen molar-refractivity contribution in [3.8, 4) is 0 Å². The minimum atomic E-state index is -4.13. The van der Waals surface area contributed by atoms with E-state index in [2.05, 4.69) is 10.0 Å². The lowest BCUT2D eigenvalue weighted by molar-refractivity contribution is -0.123. The van der Waals surface area contributed by atoms with Crippen LogP contribution in [0.15, 0.2) is 53.4 Å². The Balaban J connectivity index is 1.72. The first-order chi connectivity index (χ1) is 12.3. The summed E-state index contributed by atoms with van der Waals surface area (Å²) in [5, 5.41) is 2.91. The summed E-state index contributed by atoms with van der Waals surface area (Å²) in [5.41, 5.74) is 2.24. The molecule has 7 heteroatoms. The van der Waals surface area contributed by atoms with E-state index < -0.39 is 32.7 Å². The smallest absolute Gasteiger partial charge is 0.244 e. The molecule has 3 rings (SSSR count). The molecule has 0 bridgehead atoms. The van der Waals surface area contributed by atoms with Gasteiger partial charge >= 0.3 is 0 Å². The number of fused-ring (bicyclic) bond motifs is 1. The first-order valence-electron chi connectivity index (χ1n) is 8.44. The van der Waals surface area contributed by atoms with Gasteiger partial charge in [0, 0.05) is 0 Å². The Hall–Kier alpha value is -2.25. The van der Waals surface area contributed by atoms with Gasteiger partial charge in [-0.05, 0) is 42.5 Å². The van der Waals surface area contributed by atoms with E-state index in [1.165, 1.54) is 24.6 Å². The zero-order chi connectivity index (χ0) is 18.9. The van der Waals surface area contributed by atoms with E-state index in [1.54, 1.807) is 0 Å². The van der Waals surface area contributed by atoms with Crippen molar-refractivity contribution in [1.82, 2.24) is 10.0 Å². The van der Waals surface area contributed by atoms with Gasteiger partial charge in [-0.2, -0.15) is 4.72 Å². The summed E-state index contributed by atoms with van der Waals surface area (Å²) >= 11 is 0. The molecule has 5 nitrogen and oxygen atoms in total. The Morgan fingerprint density at radius 2 is 1.81 bits per heavy atom. The van der Waals surface area contributed by atoms with Crippen LogP contribution in [0.1, 0.15) is 31.0 Å². The van der Waals surface area contributed by atoms with Crippen molar-refractivity contribution in [1.29, 1.82) is 0 Å². The topological polar surface area (TPSA) is 75.3 Å². The van der Waals surface area contributed by atoms with Gasteiger partial charge in [0.15, 0.2) is 0 Å². The molecule has 1 amide bonds. The van der Waals surface area contributed by atoms with E-state index in [1.807, 2.05) is 31.2 Å². The van der Waals surface area contributed by atoms with Crippen molar-refractivity contribution in [3.05, 3.63) is 65.5 Å². The summed E-state index contributed by atoms with van der Waals surface area (Å²) in [6, 6.07) is 11.7. The van der Waals surface area contributed by atoms with E-state index in [9.17, 15) is 17.6 Å². The van der Waals surface area contributed by atoms with Gasteiger partial charge in [-0.15, -0.1) is 0 Å². The standard InChI is InChI=1S/C19H21FN2O3S/c1-12-11-14-7-3-4-8-15(14)18(12)21-19(23)13(2)22-26(24,25)17-10-6-5-9-16(17)20/h3-10,12-13,18,22H,11H2,1-2H3,(H,21,23)/t12?,13-,18?/m0/s1. The molecule has 0 aromatic heterocycles. The molecule has 0 fully saturated rings. The first-order valence-corrected chi connectivity index (χ1v) is 9.93. The zero-order valence-electron chi connectivity index (χ0n) is 14.6. The molecule has 2 aromatic rings. The molecule has 0 saturated carbocycles. The maximum Gasteiger partial charge on any atom is 0.244 e. The molecule has 2 aromatic carbocycles. The lowest BCUT2D eigenvalue weighted by Crippen LogP contribution is -2.46. The maximum atomic E-state index is 13.8. The Labute approximate surface area is 152 Å². The largest absolute Gasteiger partial charge is 0.348 e. The SMILES string of the molecule is CC1Cc2ccccc2C1NC(=O)[C@H](C)NS(=O)(=O)c1ccccc1F. The summed E-state index contributed by atoms with van der Waals surface area (Å²) in [6.07, 6.45) is 0.858. The van der Waals surface area contributed by atoms with Crippen molar-refractivity contribution in [2.45, 2.75) is 37.2 Å². The van der Waals surface area contributed by atoms with Crippen LogP contribution in [-0.4, -0.2) is 20.4 Å². The normalized spacial score (nSPS) is 20.4. The third-order valence-electron chi connectivity index (χ3n) is 4.65. The van der Waals surface area contributed by atoms with Gasteiger partial charge in [-0.25, -0.2) is 12.8 Å². The summed E-state index contributed by atoms with van der Waals surface area (Å²) in [5.74, 6) is -1.09. The fraction of sp³-hybridized carbons (Fsp3) is 0.316. The van der Waals surface area contributed by atoms with E-state index >= 15 is 0 Å². The Morgan fingerprint density at radius 3 is 2.54 bits per heavy atom. The van der Waals surface area contributed by atoms with Gasteiger partial charge in [0.25, 0.3) is 0 Å². The van der Waals surface area contributed by atoms with Gasteiger partial charge < -0.3 is 5.32 Å². The molecular weight excluding hydrogens is 355 g/mol.